The summed E-state index contributed by atoms with van der Waals surface area (Å²) in [6, 6.07) is 5.23. The summed E-state index contributed by atoms with van der Waals surface area (Å²) < 4.78 is 36.9. The van der Waals surface area contributed by atoms with E-state index >= 15 is 0 Å². The van der Waals surface area contributed by atoms with Crippen molar-refractivity contribution in [3.05, 3.63) is 35.4 Å². The van der Waals surface area contributed by atoms with Crippen LogP contribution in [0.4, 0.5) is 13.2 Å². The van der Waals surface area contributed by atoms with Gasteiger partial charge in [0.1, 0.15) is 0 Å². The van der Waals surface area contributed by atoms with Crippen LogP contribution < -0.4 is 0 Å². The summed E-state index contributed by atoms with van der Waals surface area (Å²) in [4.78, 5) is 0. The third kappa shape index (κ3) is 1.94. The number of rotatable bonds is 1. The van der Waals surface area contributed by atoms with Gasteiger partial charge in [-0.1, -0.05) is 19.1 Å². The molecule has 3 atom stereocenters. The maximum Gasteiger partial charge on any atom is 0.416 e. The zero-order valence-electron chi connectivity index (χ0n) is 8.83. The monoisotopic (exact) mass is 230 g/mol. The molecular formula is C12H13F3O. The maximum absolute atomic E-state index is 12.3. The largest absolute Gasteiger partial charge is 0.416 e. The van der Waals surface area contributed by atoms with Crippen molar-refractivity contribution in [2.24, 2.45) is 5.92 Å². The summed E-state index contributed by atoms with van der Waals surface area (Å²) in [6.07, 6.45) is -3.94. The number of hydrogen-bond acceptors (Lipinski definition) is 1. The van der Waals surface area contributed by atoms with Gasteiger partial charge in [-0.25, -0.2) is 0 Å². The number of benzene rings is 1. The molecule has 0 spiro atoms. The summed E-state index contributed by atoms with van der Waals surface area (Å²) in [5, 5.41) is 9.35. The Balaban J connectivity index is 2.15. The van der Waals surface area contributed by atoms with Crippen LogP contribution >= 0.6 is 0 Å². The Labute approximate surface area is 91.9 Å². The predicted octanol–water partition coefficient (Wildman–Crippen LogP) is 3.19. The number of aliphatic hydroxyl groups is 1. The van der Waals surface area contributed by atoms with Crippen LogP contribution in [0.25, 0.3) is 0 Å². The molecule has 0 bridgehead atoms. The molecule has 2 rings (SSSR count). The molecule has 88 valence electrons. The molecule has 0 amide bonds. The van der Waals surface area contributed by atoms with Crippen molar-refractivity contribution < 1.29 is 18.3 Å². The van der Waals surface area contributed by atoms with E-state index in [1.807, 2.05) is 6.92 Å². The quantitative estimate of drug-likeness (QED) is 0.785. The summed E-state index contributed by atoms with van der Waals surface area (Å²) in [6.45, 7) is 1.91. The van der Waals surface area contributed by atoms with Gasteiger partial charge in [0.2, 0.25) is 0 Å². The van der Waals surface area contributed by atoms with Crippen molar-refractivity contribution in [1.82, 2.24) is 0 Å². The van der Waals surface area contributed by atoms with Crippen molar-refractivity contribution in [2.75, 3.05) is 0 Å². The van der Waals surface area contributed by atoms with E-state index in [0.717, 1.165) is 17.7 Å². The van der Waals surface area contributed by atoms with Crippen molar-refractivity contribution in [3.8, 4) is 0 Å². The molecule has 0 aliphatic heterocycles. The molecular weight excluding hydrogens is 217 g/mol. The van der Waals surface area contributed by atoms with Gasteiger partial charge < -0.3 is 5.11 Å². The number of hydrogen-bond donors (Lipinski definition) is 1. The molecule has 0 aromatic heterocycles. The summed E-state index contributed by atoms with van der Waals surface area (Å²) in [5.41, 5.74) is 0.259. The minimum Gasteiger partial charge on any atom is -0.393 e. The zero-order chi connectivity index (χ0) is 11.9. The minimum atomic E-state index is -4.27. The standard InChI is InChI=1S/C12H13F3O/c1-7-10(6-11(7)16)8-2-4-9(5-3-8)12(13,14)15/h2-5,7,10-11,16H,6H2,1H3. The maximum atomic E-state index is 12.3. The van der Waals surface area contributed by atoms with Gasteiger partial charge in [0.25, 0.3) is 0 Å². The van der Waals surface area contributed by atoms with E-state index in [0.29, 0.717) is 6.42 Å². The Kier molecular flexibility index (Phi) is 2.70. The fourth-order valence-corrected chi connectivity index (χ4v) is 2.12. The highest BCUT2D eigenvalue weighted by molar-refractivity contribution is 5.29. The molecule has 0 heterocycles. The van der Waals surface area contributed by atoms with E-state index in [2.05, 4.69) is 0 Å². The third-order valence-electron chi connectivity index (χ3n) is 3.40. The van der Waals surface area contributed by atoms with Gasteiger partial charge in [0.05, 0.1) is 11.7 Å². The van der Waals surface area contributed by atoms with Gasteiger partial charge in [-0.05, 0) is 36.0 Å². The van der Waals surface area contributed by atoms with Crippen molar-refractivity contribution in [3.63, 3.8) is 0 Å². The van der Waals surface area contributed by atoms with Crippen molar-refractivity contribution in [2.45, 2.75) is 31.5 Å². The molecule has 3 unspecified atom stereocenters. The molecule has 0 saturated heterocycles. The first kappa shape index (κ1) is 11.5. The molecule has 1 aliphatic carbocycles. The second-order valence-corrected chi connectivity index (χ2v) is 4.39. The highest BCUT2D eigenvalue weighted by Crippen LogP contribution is 2.42. The molecule has 4 heteroatoms. The fraction of sp³-hybridized carbons (Fsp3) is 0.500. The number of aliphatic hydroxyl groups excluding tert-OH is 1. The van der Waals surface area contributed by atoms with E-state index in [4.69, 9.17) is 0 Å². The van der Waals surface area contributed by atoms with Gasteiger partial charge in [-0.2, -0.15) is 13.2 Å². The van der Waals surface area contributed by atoms with E-state index in [1.165, 1.54) is 12.1 Å². The molecule has 1 aliphatic rings. The number of halogens is 3. The average molecular weight is 230 g/mol. The second-order valence-electron chi connectivity index (χ2n) is 4.39. The molecule has 1 aromatic carbocycles. The lowest BCUT2D eigenvalue weighted by Crippen LogP contribution is -2.37. The van der Waals surface area contributed by atoms with Crippen LogP contribution in [0.3, 0.4) is 0 Å². The Bertz CT molecular complexity index is 369. The van der Waals surface area contributed by atoms with Crippen LogP contribution in [-0.4, -0.2) is 11.2 Å². The molecule has 1 aromatic rings. The first-order valence-electron chi connectivity index (χ1n) is 5.25. The van der Waals surface area contributed by atoms with Crippen LogP contribution in [0, 0.1) is 5.92 Å². The normalized spacial score (nSPS) is 29.9. The Hall–Kier alpha value is -1.03. The van der Waals surface area contributed by atoms with Crippen LogP contribution in [-0.2, 0) is 6.18 Å². The molecule has 1 fully saturated rings. The van der Waals surface area contributed by atoms with Crippen LogP contribution in [0.1, 0.15) is 30.4 Å². The lowest BCUT2D eigenvalue weighted by Gasteiger charge is -2.39. The minimum absolute atomic E-state index is 0.136. The number of alkyl halides is 3. The second kappa shape index (κ2) is 3.77. The van der Waals surface area contributed by atoms with Crippen molar-refractivity contribution >= 4 is 0 Å². The Morgan fingerprint density at radius 1 is 1.19 bits per heavy atom. The SMILES string of the molecule is CC1C(O)CC1c1ccc(C(F)(F)F)cc1. The van der Waals surface area contributed by atoms with E-state index in [1.54, 1.807) is 0 Å². The molecule has 0 radical (unpaired) electrons. The van der Waals surface area contributed by atoms with Crippen LogP contribution in [0.2, 0.25) is 0 Å². The van der Waals surface area contributed by atoms with Gasteiger partial charge in [0, 0.05) is 0 Å². The Morgan fingerprint density at radius 3 is 2.12 bits per heavy atom. The van der Waals surface area contributed by atoms with Gasteiger partial charge in [-0.15, -0.1) is 0 Å². The molecule has 1 N–H and O–H groups in total. The predicted molar refractivity (Wildman–Crippen MR) is 54.0 cm³/mol. The van der Waals surface area contributed by atoms with Crippen molar-refractivity contribution in [1.29, 1.82) is 0 Å². The van der Waals surface area contributed by atoms with Gasteiger partial charge >= 0.3 is 6.18 Å². The van der Waals surface area contributed by atoms with E-state index < -0.39 is 11.7 Å². The summed E-state index contributed by atoms with van der Waals surface area (Å²) in [7, 11) is 0. The van der Waals surface area contributed by atoms with Gasteiger partial charge in [0.15, 0.2) is 0 Å². The van der Waals surface area contributed by atoms with E-state index in [9.17, 15) is 18.3 Å². The van der Waals surface area contributed by atoms with Crippen LogP contribution in [0.15, 0.2) is 24.3 Å². The Morgan fingerprint density at radius 2 is 1.75 bits per heavy atom. The topological polar surface area (TPSA) is 20.2 Å². The lowest BCUT2D eigenvalue weighted by atomic mass is 9.69. The first-order chi connectivity index (χ1) is 7.39. The lowest BCUT2D eigenvalue weighted by molar-refractivity contribution is -0.137. The van der Waals surface area contributed by atoms with Gasteiger partial charge in [-0.3, -0.25) is 0 Å². The third-order valence-corrected chi connectivity index (χ3v) is 3.40. The molecule has 1 nitrogen and oxygen atoms in total. The summed E-state index contributed by atoms with van der Waals surface area (Å²) >= 11 is 0. The van der Waals surface area contributed by atoms with E-state index in [-0.39, 0.29) is 17.9 Å². The highest BCUT2D eigenvalue weighted by atomic mass is 19.4. The average Bonchev–Trinajstić information content (AvgIpc) is 2.24. The first-order valence-corrected chi connectivity index (χ1v) is 5.25. The smallest absolute Gasteiger partial charge is 0.393 e. The highest BCUT2D eigenvalue weighted by Gasteiger charge is 2.37. The zero-order valence-corrected chi connectivity index (χ0v) is 8.83. The molecule has 1 saturated carbocycles. The fourth-order valence-electron chi connectivity index (χ4n) is 2.12. The van der Waals surface area contributed by atoms with Crippen LogP contribution in [0.5, 0.6) is 0 Å². The summed E-state index contributed by atoms with van der Waals surface area (Å²) in [5.74, 6) is 0.328. The molecule has 16 heavy (non-hydrogen) atoms.